The highest BCUT2D eigenvalue weighted by atomic mass is 16.7. The van der Waals surface area contributed by atoms with E-state index in [-0.39, 0.29) is 63.4 Å². The van der Waals surface area contributed by atoms with E-state index in [9.17, 15) is 19.5 Å². The molecule has 5 N–H and O–H groups in total. The maximum absolute atomic E-state index is 11.7. The van der Waals surface area contributed by atoms with Crippen molar-refractivity contribution in [3.63, 3.8) is 0 Å². The van der Waals surface area contributed by atoms with E-state index in [4.69, 9.17) is 34.3 Å². The zero-order valence-electron chi connectivity index (χ0n) is 22.8. The van der Waals surface area contributed by atoms with Gasteiger partial charge in [0, 0.05) is 38.8 Å². The number of carbonyl (C=O) groups excluding carboxylic acids is 3. The molecule has 4 unspecified atom stereocenters. The third-order valence-electron chi connectivity index (χ3n) is 5.48. The zero-order chi connectivity index (χ0) is 28.8. The number of hydrogen-bond donors (Lipinski definition) is 5. The Bertz CT molecular complexity index is 638. The lowest BCUT2D eigenvalue weighted by atomic mass is 10.2. The first-order chi connectivity index (χ1) is 18.3. The van der Waals surface area contributed by atoms with Gasteiger partial charge in [-0.15, -0.1) is 0 Å². The number of hydrogen-bond acceptors (Lipinski definition) is 11. The smallest absolute Gasteiger partial charge is 0.253 e. The summed E-state index contributed by atoms with van der Waals surface area (Å²) in [6.45, 7) is 3.88. The van der Waals surface area contributed by atoms with E-state index in [2.05, 4.69) is 5.32 Å². The first-order valence-electron chi connectivity index (χ1n) is 13.0. The average molecular weight is 551 g/mol. The summed E-state index contributed by atoms with van der Waals surface area (Å²) < 4.78 is 20.6. The van der Waals surface area contributed by atoms with E-state index in [0.717, 1.165) is 6.42 Å². The number of methoxy groups -OCH3 is 1. The van der Waals surface area contributed by atoms with Crippen LogP contribution < -0.4 is 5.32 Å². The molecule has 0 bridgehead atoms. The number of ether oxygens (including phenoxy) is 4. The van der Waals surface area contributed by atoms with Gasteiger partial charge >= 0.3 is 0 Å². The minimum Gasteiger partial charge on any atom is -0.394 e. The summed E-state index contributed by atoms with van der Waals surface area (Å²) in [5.41, 5.74) is 0. The molecule has 0 aliphatic carbocycles. The van der Waals surface area contributed by atoms with Crippen LogP contribution in [0, 0.1) is 0 Å². The number of unbranched alkanes of at least 4 members (excludes halogenated alkanes) is 2. The maximum atomic E-state index is 11.7. The van der Waals surface area contributed by atoms with Gasteiger partial charge in [-0.3, -0.25) is 19.3 Å². The van der Waals surface area contributed by atoms with Gasteiger partial charge in [0.1, 0.15) is 0 Å². The van der Waals surface area contributed by atoms with Crippen LogP contribution in [-0.2, 0) is 33.3 Å². The second-order valence-corrected chi connectivity index (χ2v) is 8.35. The molecule has 4 atom stereocenters. The predicted octanol–water partition coefficient (Wildman–Crippen LogP) is -0.551. The largest absolute Gasteiger partial charge is 0.394 e. The average Bonchev–Trinajstić information content (AvgIpc) is 3.26. The molecule has 3 amide bonds. The molecule has 1 aliphatic rings. The first-order valence-corrected chi connectivity index (χ1v) is 13.0. The Morgan fingerprint density at radius 3 is 1.89 bits per heavy atom. The lowest BCUT2D eigenvalue weighted by Crippen LogP contribution is -2.33. The second kappa shape index (κ2) is 23.0. The third kappa shape index (κ3) is 16.1. The maximum Gasteiger partial charge on any atom is 0.253 e. The molecule has 0 fully saturated rings. The van der Waals surface area contributed by atoms with Gasteiger partial charge in [0.15, 0.2) is 12.6 Å². The van der Waals surface area contributed by atoms with Crippen molar-refractivity contribution in [2.45, 2.75) is 77.2 Å². The third-order valence-corrected chi connectivity index (χ3v) is 5.48. The van der Waals surface area contributed by atoms with Crippen LogP contribution >= 0.6 is 0 Å². The highest BCUT2D eigenvalue weighted by Crippen LogP contribution is 2.08. The molecule has 0 saturated heterocycles. The molecule has 0 radical (unpaired) electrons. The van der Waals surface area contributed by atoms with Crippen LogP contribution in [0.5, 0.6) is 0 Å². The van der Waals surface area contributed by atoms with Gasteiger partial charge < -0.3 is 44.7 Å². The summed E-state index contributed by atoms with van der Waals surface area (Å²) in [5, 5.41) is 38.3. The van der Waals surface area contributed by atoms with Crippen molar-refractivity contribution in [1.29, 1.82) is 0 Å². The van der Waals surface area contributed by atoms with Gasteiger partial charge in [-0.1, -0.05) is 20.3 Å². The molecule has 1 aliphatic heterocycles. The van der Waals surface area contributed by atoms with Crippen LogP contribution in [0.3, 0.4) is 0 Å². The van der Waals surface area contributed by atoms with Crippen molar-refractivity contribution >= 4 is 17.7 Å². The number of nitrogens with one attached hydrogen (secondary N) is 1. The standard InChI is InChI=1S/C18H30N2O7.C7H16O4/c1-2-14(12-21)27-18(13-22)26-11-9-19-15(23)6-4-3-5-10-20-16(24)7-8-17(20)25;1-3-6(4-8)11-7(5-9)10-2/h7-8,14,18,21-22H,2-6,9-13H2,1H3,(H,19,23);6-9H,3-5H2,1-2H3. The van der Waals surface area contributed by atoms with Gasteiger partial charge in [0.25, 0.3) is 11.8 Å². The lowest BCUT2D eigenvalue weighted by molar-refractivity contribution is -0.194. The van der Waals surface area contributed by atoms with Crippen molar-refractivity contribution in [2.75, 3.05) is 53.2 Å². The first kappa shape index (κ1) is 36.0. The fourth-order valence-electron chi connectivity index (χ4n) is 3.13. The van der Waals surface area contributed by atoms with E-state index < -0.39 is 18.7 Å². The van der Waals surface area contributed by atoms with E-state index in [1.165, 1.54) is 24.2 Å². The van der Waals surface area contributed by atoms with Crippen LogP contribution in [0.4, 0.5) is 0 Å². The topological polar surface area (TPSA) is 184 Å². The van der Waals surface area contributed by atoms with E-state index in [1.807, 2.05) is 13.8 Å². The number of aliphatic hydroxyl groups excluding tert-OH is 4. The Morgan fingerprint density at radius 1 is 0.868 bits per heavy atom. The molecule has 0 aromatic carbocycles. The van der Waals surface area contributed by atoms with Gasteiger partial charge in [-0.05, 0) is 25.7 Å². The fraction of sp³-hybridized carbons (Fsp3) is 0.800. The molecular weight excluding hydrogens is 504 g/mol. The molecule has 1 heterocycles. The number of nitrogens with zero attached hydrogens (tertiary/aromatic N) is 1. The minimum absolute atomic E-state index is 0.0453. The SMILES string of the molecule is CCC(CO)OC(CO)OC.CCC(CO)OC(CO)OCCNC(=O)CCCCCN1C(=O)C=CC1=O. The van der Waals surface area contributed by atoms with Crippen molar-refractivity contribution in [3.05, 3.63) is 12.2 Å². The molecule has 0 saturated carbocycles. The van der Waals surface area contributed by atoms with E-state index in [0.29, 0.717) is 38.6 Å². The summed E-state index contributed by atoms with van der Waals surface area (Å²) >= 11 is 0. The Labute approximate surface area is 224 Å². The number of aliphatic hydroxyl groups is 4. The van der Waals surface area contributed by atoms with Crippen molar-refractivity contribution in [3.8, 4) is 0 Å². The zero-order valence-corrected chi connectivity index (χ0v) is 22.8. The van der Waals surface area contributed by atoms with Gasteiger partial charge in [0.2, 0.25) is 5.91 Å². The second-order valence-electron chi connectivity index (χ2n) is 8.35. The van der Waals surface area contributed by atoms with Crippen LogP contribution in [0.2, 0.25) is 0 Å². The van der Waals surface area contributed by atoms with Crippen LogP contribution in [0.1, 0.15) is 52.4 Å². The normalized spacial score (nSPS) is 16.1. The molecule has 13 heteroatoms. The van der Waals surface area contributed by atoms with Crippen molar-refractivity contribution < 1.29 is 53.8 Å². The lowest BCUT2D eigenvalue weighted by Gasteiger charge is -2.21. The molecule has 1 rings (SSSR count). The van der Waals surface area contributed by atoms with E-state index >= 15 is 0 Å². The summed E-state index contributed by atoms with van der Waals surface area (Å²) in [6.07, 6.45) is 4.15. The molecule has 222 valence electrons. The Hall–Kier alpha value is -1.97. The number of amides is 3. The molecule has 0 aromatic rings. The monoisotopic (exact) mass is 550 g/mol. The van der Waals surface area contributed by atoms with Crippen LogP contribution in [0.15, 0.2) is 12.2 Å². The Kier molecular flexibility index (Phi) is 21.8. The minimum atomic E-state index is -0.829. The molecule has 0 spiro atoms. The van der Waals surface area contributed by atoms with Crippen LogP contribution in [0.25, 0.3) is 0 Å². The number of imide groups is 1. The Balaban J connectivity index is 0.00000105. The van der Waals surface area contributed by atoms with E-state index in [1.54, 1.807) is 0 Å². The van der Waals surface area contributed by atoms with Crippen molar-refractivity contribution in [1.82, 2.24) is 10.2 Å². The molecular formula is C25H46N2O11. The molecule has 38 heavy (non-hydrogen) atoms. The molecule has 13 nitrogen and oxygen atoms in total. The van der Waals surface area contributed by atoms with Crippen LogP contribution in [-0.4, -0.2) is 121 Å². The van der Waals surface area contributed by atoms with Gasteiger partial charge in [-0.25, -0.2) is 0 Å². The summed E-state index contributed by atoms with van der Waals surface area (Å²) in [7, 11) is 1.45. The highest BCUT2D eigenvalue weighted by Gasteiger charge is 2.22. The quantitative estimate of drug-likeness (QED) is 0.0702. The fourth-order valence-corrected chi connectivity index (χ4v) is 3.13. The summed E-state index contributed by atoms with van der Waals surface area (Å²) in [5.74, 6) is -0.684. The Morgan fingerprint density at radius 2 is 1.42 bits per heavy atom. The number of carbonyl (C=O) groups is 3. The molecule has 0 aromatic heterocycles. The van der Waals surface area contributed by atoms with Gasteiger partial charge in [0.05, 0.1) is 45.2 Å². The van der Waals surface area contributed by atoms with Gasteiger partial charge in [-0.2, -0.15) is 0 Å². The predicted molar refractivity (Wildman–Crippen MR) is 137 cm³/mol. The summed E-state index contributed by atoms with van der Waals surface area (Å²) in [6, 6.07) is 0. The van der Waals surface area contributed by atoms with Crippen molar-refractivity contribution in [2.24, 2.45) is 0 Å². The number of rotatable bonds is 21. The summed E-state index contributed by atoms with van der Waals surface area (Å²) in [4.78, 5) is 35.7. The highest BCUT2D eigenvalue weighted by molar-refractivity contribution is 6.12.